The van der Waals surface area contributed by atoms with E-state index < -0.39 is 0 Å². The highest BCUT2D eigenvalue weighted by atomic mass is 16.3. The molecule has 0 fully saturated rings. The fourth-order valence-electron chi connectivity index (χ4n) is 6.13. The van der Waals surface area contributed by atoms with Crippen LogP contribution in [0.3, 0.4) is 0 Å². The first-order chi connectivity index (χ1) is 19.6. The monoisotopic (exact) mass is 568 g/mol. The normalized spacial score (nSPS) is 25.0. The fourth-order valence-corrected chi connectivity index (χ4v) is 6.13. The van der Waals surface area contributed by atoms with Gasteiger partial charge in [-0.25, -0.2) is 0 Å². The standard InChI is InChI=1S/C40H56O2/c1-29(17-13-19-31(3)21-23-37-33(5)25-35(41)27-39(37,7)8)15-11-12-16-30(2)18-14-20-32(4)22-24-38-34(6)26-36(42)28-40(38,9)10/h11-24,35-36,41-42H,25-28H2,1-10H3/b12-11+,17-13+,18-14+,23-21+,24-22+,29-15-,30-16+,31-19+,32-20+/t35-,36+/m0/s1. The van der Waals surface area contributed by atoms with Crippen LogP contribution in [-0.4, -0.2) is 22.4 Å². The number of allylic oxidation sites excluding steroid dienone is 20. The Balaban J connectivity index is 1.90. The Morgan fingerprint density at radius 2 is 0.857 bits per heavy atom. The van der Waals surface area contributed by atoms with E-state index in [-0.39, 0.29) is 23.0 Å². The molecule has 2 aliphatic rings. The van der Waals surface area contributed by atoms with Gasteiger partial charge in [-0.05, 0) is 89.2 Å². The summed E-state index contributed by atoms with van der Waals surface area (Å²) in [4.78, 5) is 0. The van der Waals surface area contributed by atoms with Gasteiger partial charge < -0.3 is 10.2 Å². The van der Waals surface area contributed by atoms with E-state index in [1.54, 1.807) is 0 Å². The van der Waals surface area contributed by atoms with Gasteiger partial charge in [0.05, 0.1) is 12.2 Å². The van der Waals surface area contributed by atoms with Crippen molar-refractivity contribution in [1.29, 1.82) is 0 Å². The van der Waals surface area contributed by atoms with Gasteiger partial charge in [-0.2, -0.15) is 0 Å². The van der Waals surface area contributed by atoms with E-state index in [0.29, 0.717) is 0 Å². The second-order valence-electron chi connectivity index (χ2n) is 13.7. The lowest BCUT2D eigenvalue weighted by atomic mass is 9.71. The lowest BCUT2D eigenvalue weighted by Crippen LogP contribution is -2.28. The van der Waals surface area contributed by atoms with Crippen molar-refractivity contribution in [3.05, 3.63) is 130 Å². The van der Waals surface area contributed by atoms with E-state index in [0.717, 1.165) is 25.7 Å². The zero-order valence-electron chi connectivity index (χ0n) is 28.0. The first-order valence-corrected chi connectivity index (χ1v) is 15.5. The van der Waals surface area contributed by atoms with Gasteiger partial charge in [0.2, 0.25) is 0 Å². The van der Waals surface area contributed by atoms with Gasteiger partial charge in [-0.15, -0.1) is 0 Å². The van der Waals surface area contributed by atoms with Crippen molar-refractivity contribution in [1.82, 2.24) is 0 Å². The highest BCUT2D eigenvalue weighted by Crippen LogP contribution is 2.42. The summed E-state index contributed by atoms with van der Waals surface area (Å²) >= 11 is 0. The van der Waals surface area contributed by atoms with Crippen molar-refractivity contribution in [2.45, 2.75) is 107 Å². The number of hydrogen-bond donors (Lipinski definition) is 2. The molecule has 0 amide bonds. The number of rotatable bonds is 10. The zero-order chi connectivity index (χ0) is 31.5. The first-order valence-electron chi connectivity index (χ1n) is 15.5. The summed E-state index contributed by atoms with van der Waals surface area (Å²) in [5.74, 6) is 0. The van der Waals surface area contributed by atoms with Gasteiger partial charge in [0.1, 0.15) is 0 Å². The molecule has 2 aliphatic carbocycles. The van der Waals surface area contributed by atoms with Crippen molar-refractivity contribution in [2.75, 3.05) is 0 Å². The van der Waals surface area contributed by atoms with Crippen LogP contribution in [0.4, 0.5) is 0 Å². The molecule has 42 heavy (non-hydrogen) atoms. The van der Waals surface area contributed by atoms with Gasteiger partial charge in [0.15, 0.2) is 0 Å². The predicted octanol–water partition coefficient (Wildman–Crippen LogP) is 10.5. The molecule has 0 saturated heterocycles. The number of aliphatic hydroxyl groups excluding tert-OH is 2. The highest BCUT2D eigenvalue weighted by Gasteiger charge is 2.32. The summed E-state index contributed by atoms with van der Waals surface area (Å²) in [6, 6.07) is 0. The third kappa shape index (κ3) is 11.7. The van der Waals surface area contributed by atoms with Crippen LogP contribution in [0.1, 0.15) is 94.9 Å². The van der Waals surface area contributed by atoms with Crippen LogP contribution in [0.25, 0.3) is 0 Å². The van der Waals surface area contributed by atoms with Crippen LogP contribution in [0, 0.1) is 10.8 Å². The Labute approximate surface area is 257 Å². The Kier molecular flexibility index (Phi) is 13.5. The van der Waals surface area contributed by atoms with Gasteiger partial charge >= 0.3 is 0 Å². The molecule has 2 heteroatoms. The lowest BCUT2D eigenvalue weighted by Gasteiger charge is -2.35. The molecule has 0 unspecified atom stereocenters. The van der Waals surface area contributed by atoms with E-state index in [1.165, 1.54) is 44.6 Å². The van der Waals surface area contributed by atoms with E-state index in [1.807, 2.05) is 0 Å². The number of aliphatic hydroxyl groups is 2. The van der Waals surface area contributed by atoms with Crippen LogP contribution >= 0.6 is 0 Å². The molecule has 2 N–H and O–H groups in total. The zero-order valence-corrected chi connectivity index (χ0v) is 28.0. The van der Waals surface area contributed by atoms with Crippen molar-refractivity contribution in [3.8, 4) is 0 Å². The average molecular weight is 569 g/mol. The quantitative estimate of drug-likeness (QED) is 0.257. The van der Waals surface area contributed by atoms with Crippen LogP contribution in [0.15, 0.2) is 130 Å². The summed E-state index contributed by atoms with van der Waals surface area (Å²) in [5, 5.41) is 20.2. The summed E-state index contributed by atoms with van der Waals surface area (Å²) in [6.45, 7) is 21.6. The highest BCUT2D eigenvalue weighted by molar-refractivity contribution is 5.39. The minimum atomic E-state index is -0.227. The van der Waals surface area contributed by atoms with Gasteiger partial charge in [-0.3, -0.25) is 0 Å². The summed E-state index contributed by atoms with van der Waals surface area (Å²) < 4.78 is 0. The van der Waals surface area contributed by atoms with Crippen molar-refractivity contribution >= 4 is 0 Å². The predicted molar refractivity (Wildman–Crippen MR) is 184 cm³/mol. The molecule has 0 aromatic rings. The SMILES string of the molecule is CC1=C(/C=C/C(C)=C/C=C/C(C)=C/C=C/C=C(C)\C=C\C=C(C)\C=C\C2=C(C)C[C@H](O)CC2(C)C)C(C)(C)C[C@H](O)C1. The van der Waals surface area contributed by atoms with Gasteiger partial charge in [0, 0.05) is 0 Å². The van der Waals surface area contributed by atoms with Crippen molar-refractivity contribution in [3.63, 3.8) is 0 Å². The van der Waals surface area contributed by atoms with Crippen LogP contribution < -0.4 is 0 Å². The summed E-state index contributed by atoms with van der Waals surface area (Å²) in [5.41, 5.74) is 10.1. The maximum absolute atomic E-state index is 10.1. The molecule has 0 saturated carbocycles. The van der Waals surface area contributed by atoms with Crippen molar-refractivity contribution < 1.29 is 10.2 Å². The van der Waals surface area contributed by atoms with Gasteiger partial charge in [0.25, 0.3) is 0 Å². The number of hydrogen-bond acceptors (Lipinski definition) is 2. The lowest BCUT2D eigenvalue weighted by molar-refractivity contribution is 0.116. The minimum absolute atomic E-state index is 0.00547. The van der Waals surface area contributed by atoms with E-state index in [2.05, 4.69) is 154 Å². The van der Waals surface area contributed by atoms with E-state index in [9.17, 15) is 10.2 Å². The molecule has 0 aromatic carbocycles. The molecule has 2 atom stereocenters. The van der Waals surface area contributed by atoms with Crippen LogP contribution in [0.2, 0.25) is 0 Å². The molecule has 0 aromatic heterocycles. The van der Waals surface area contributed by atoms with E-state index >= 15 is 0 Å². The Hall–Kier alpha value is -2.94. The van der Waals surface area contributed by atoms with Crippen LogP contribution in [0.5, 0.6) is 0 Å². The molecule has 0 aliphatic heterocycles. The maximum atomic E-state index is 10.1. The topological polar surface area (TPSA) is 40.5 Å². The second-order valence-corrected chi connectivity index (χ2v) is 13.7. The fraction of sp³-hybridized carbons (Fsp3) is 0.450. The third-order valence-electron chi connectivity index (χ3n) is 8.24. The maximum Gasteiger partial charge on any atom is 0.0585 e. The Morgan fingerprint density at radius 3 is 1.19 bits per heavy atom. The molecular formula is C40H56O2. The largest absolute Gasteiger partial charge is 0.393 e. The first kappa shape index (κ1) is 35.3. The molecule has 2 rings (SSSR count). The third-order valence-corrected chi connectivity index (χ3v) is 8.24. The van der Waals surface area contributed by atoms with Crippen LogP contribution in [-0.2, 0) is 0 Å². The molecule has 0 heterocycles. The summed E-state index contributed by atoms with van der Waals surface area (Å²) in [6.07, 6.45) is 32.6. The molecular weight excluding hydrogens is 512 g/mol. The second kappa shape index (κ2) is 16.1. The Bertz CT molecular complexity index is 1190. The van der Waals surface area contributed by atoms with Crippen molar-refractivity contribution in [2.24, 2.45) is 10.8 Å². The molecule has 0 bridgehead atoms. The van der Waals surface area contributed by atoms with Gasteiger partial charge in [-0.1, -0.05) is 146 Å². The average Bonchev–Trinajstić information content (AvgIpc) is 2.84. The summed E-state index contributed by atoms with van der Waals surface area (Å²) in [7, 11) is 0. The molecule has 0 spiro atoms. The smallest absolute Gasteiger partial charge is 0.0585 e. The Morgan fingerprint density at radius 1 is 0.548 bits per heavy atom. The molecule has 228 valence electrons. The molecule has 2 nitrogen and oxygen atoms in total. The minimum Gasteiger partial charge on any atom is -0.393 e. The molecule has 0 radical (unpaired) electrons. The van der Waals surface area contributed by atoms with E-state index in [4.69, 9.17) is 0 Å².